The van der Waals surface area contributed by atoms with E-state index in [4.69, 9.17) is 0 Å². The normalized spacial score (nSPS) is 12.8. The first kappa shape index (κ1) is 18.6. The minimum Gasteiger partial charge on any atom is -0.378 e. The summed E-state index contributed by atoms with van der Waals surface area (Å²) in [5.41, 5.74) is 2.17. The molecule has 3 rings (SSSR count). The Labute approximate surface area is 157 Å². The quantitative estimate of drug-likeness (QED) is 0.688. The summed E-state index contributed by atoms with van der Waals surface area (Å²) in [6, 6.07) is 11.9. The molecule has 1 aromatic heterocycles. The van der Waals surface area contributed by atoms with Gasteiger partial charge in [0.05, 0.1) is 5.69 Å². The molecule has 0 radical (unpaired) electrons. The first-order chi connectivity index (χ1) is 12.8. The number of halogens is 1. The van der Waals surface area contributed by atoms with E-state index in [9.17, 15) is 9.50 Å². The number of hydrogen-bond acceptors (Lipinski definition) is 4. The summed E-state index contributed by atoms with van der Waals surface area (Å²) in [4.78, 5) is 4.22. The van der Waals surface area contributed by atoms with Gasteiger partial charge in [0.25, 0.3) is 0 Å². The van der Waals surface area contributed by atoms with E-state index < -0.39 is 5.60 Å². The van der Waals surface area contributed by atoms with Crippen LogP contribution in [-0.2, 0) is 0 Å². The van der Waals surface area contributed by atoms with Gasteiger partial charge in [-0.1, -0.05) is 24.8 Å². The molecule has 1 atom stereocenters. The lowest BCUT2D eigenvalue weighted by Crippen LogP contribution is -2.19. The Morgan fingerprint density at radius 1 is 1.26 bits per heavy atom. The van der Waals surface area contributed by atoms with E-state index >= 15 is 0 Å². The van der Waals surface area contributed by atoms with Crippen LogP contribution in [0.5, 0.6) is 0 Å². The number of nitrogens with one attached hydrogen (secondary N) is 1. The summed E-state index contributed by atoms with van der Waals surface area (Å²) >= 11 is 0. The van der Waals surface area contributed by atoms with E-state index in [1.165, 1.54) is 23.1 Å². The Morgan fingerprint density at radius 3 is 2.81 bits per heavy atom. The highest BCUT2D eigenvalue weighted by Crippen LogP contribution is 2.18. The average Bonchev–Trinajstić information content (AvgIpc) is 3.08. The number of aliphatic hydroxyl groups is 1. The zero-order valence-corrected chi connectivity index (χ0v) is 15.5. The van der Waals surface area contributed by atoms with Crippen molar-refractivity contribution >= 4 is 11.6 Å². The Morgan fingerprint density at radius 2 is 2.07 bits per heavy atom. The van der Waals surface area contributed by atoms with Gasteiger partial charge in [0.1, 0.15) is 17.7 Å². The summed E-state index contributed by atoms with van der Waals surface area (Å²) in [6.07, 6.45) is 2.07. The second-order valence-electron chi connectivity index (χ2n) is 6.58. The standard InChI is InChI=1S/C21H21FN4O/c1-4-21(3,27)9-8-16-10-15(2)11-18(12-16)24-20-23-14-26(25-20)19-7-5-6-17(22)13-19/h5-7,10-14,27H,4H2,1-3H3,(H,24,25). The molecule has 0 amide bonds. The highest BCUT2D eigenvalue weighted by atomic mass is 19.1. The number of nitrogens with zero attached hydrogens (tertiary/aromatic N) is 3. The Hall–Kier alpha value is -3.17. The van der Waals surface area contributed by atoms with Crippen LogP contribution in [0.4, 0.5) is 16.0 Å². The third-order valence-electron chi connectivity index (χ3n) is 4.06. The number of aromatic nitrogens is 3. The highest BCUT2D eigenvalue weighted by molar-refractivity contribution is 5.58. The highest BCUT2D eigenvalue weighted by Gasteiger charge is 2.12. The monoisotopic (exact) mass is 364 g/mol. The lowest BCUT2D eigenvalue weighted by molar-refractivity contribution is 0.118. The number of hydrogen-bond donors (Lipinski definition) is 2. The van der Waals surface area contributed by atoms with Crippen LogP contribution in [0.25, 0.3) is 5.69 Å². The average molecular weight is 364 g/mol. The maximum Gasteiger partial charge on any atom is 0.246 e. The molecule has 0 saturated heterocycles. The van der Waals surface area contributed by atoms with Crippen LogP contribution in [0, 0.1) is 24.6 Å². The first-order valence-corrected chi connectivity index (χ1v) is 8.66. The van der Waals surface area contributed by atoms with Crippen molar-refractivity contribution < 1.29 is 9.50 Å². The second kappa shape index (κ2) is 7.60. The smallest absolute Gasteiger partial charge is 0.246 e. The van der Waals surface area contributed by atoms with Gasteiger partial charge in [-0.25, -0.2) is 9.07 Å². The van der Waals surface area contributed by atoms with Crippen LogP contribution in [0.15, 0.2) is 48.8 Å². The summed E-state index contributed by atoms with van der Waals surface area (Å²) in [5.74, 6) is 5.96. The van der Waals surface area contributed by atoms with Crippen LogP contribution >= 0.6 is 0 Å². The van der Waals surface area contributed by atoms with Crippen LogP contribution in [0.1, 0.15) is 31.4 Å². The summed E-state index contributed by atoms with van der Waals surface area (Å²) in [6.45, 7) is 5.55. The van der Waals surface area contributed by atoms with Crippen molar-refractivity contribution in [2.75, 3.05) is 5.32 Å². The van der Waals surface area contributed by atoms with Gasteiger partial charge in [-0.05, 0) is 62.2 Å². The largest absolute Gasteiger partial charge is 0.378 e. The van der Waals surface area contributed by atoms with Gasteiger partial charge in [0.15, 0.2) is 0 Å². The molecule has 0 aliphatic rings. The van der Waals surface area contributed by atoms with Crippen LogP contribution in [-0.4, -0.2) is 25.5 Å². The molecule has 0 saturated carbocycles. The van der Waals surface area contributed by atoms with E-state index in [0.717, 1.165) is 16.8 Å². The fourth-order valence-electron chi connectivity index (χ4n) is 2.42. The molecular weight excluding hydrogens is 343 g/mol. The predicted molar refractivity (Wildman–Crippen MR) is 104 cm³/mol. The van der Waals surface area contributed by atoms with Crippen molar-refractivity contribution in [3.63, 3.8) is 0 Å². The van der Waals surface area contributed by atoms with Crippen LogP contribution < -0.4 is 5.32 Å². The third kappa shape index (κ3) is 4.93. The molecule has 0 aliphatic carbocycles. The van der Waals surface area contributed by atoms with Crippen molar-refractivity contribution in [3.8, 4) is 17.5 Å². The van der Waals surface area contributed by atoms with Gasteiger partial charge in [-0.15, -0.1) is 5.10 Å². The molecule has 0 spiro atoms. The van der Waals surface area contributed by atoms with Gasteiger partial charge in [0, 0.05) is 11.3 Å². The molecular formula is C21H21FN4O. The number of aryl methyl sites for hydroxylation is 1. The lowest BCUT2D eigenvalue weighted by Gasteiger charge is -2.12. The number of benzene rings is 2. The van der Waals surface area contributed by atoms with Crippen LogP contribution in [0.3, 0.4) is 0 Å². The Bertz CT molecular complexity index is 1010. The van der Waals surface area contributed by atoms with Crippen molar-refractivity contribution in [1.82, 2.24) is 14.8 Å². The molecule has 5 nitrogen and oxygen atoms in total. The zero-order chi connectivity index (χ0) is 19.4. The van der Waals surface area contributed by atoms with E-state index in [1.54, 1.807) is 19.1 Å². The molecule has 27 heavy (non-hydrogen) atoms. The summed E-state index contributed by atoms with van der Waals surface area (Å²) < 4.78 is 14.9. The molecule has 138 valence electrons. The molecule has 2 N–H and O–H groups in total. The zero-order valence-electron chi connectivity index (χ0n) is 15.5. The van der Waals surface area contributed by atoms with Gasteiger partial charge < -0.3 is 10.4 Å². The molecule has 1 unspecified atom stereocenters. The van der Waals surface area contributed by atoms with E-state index in [1.807, 2.05) is 32.0 Å². The van der Waals surface area contributed by atoms with Gasteiger partial charge in [-0.2, -0.15) is 4.98 Å². The molecule has 2 aromatic carbocycles. The van der Waals surface area contributed by atoms with E-state index in [2.05, 4.69) is 27.2 Å². The molecule has 6 heteroatoms. The number of rotatable bonds is 4. The maximum absolute atomic E-state index is 13.4. The van der Waals surface area contributed by atoms with Crippen molar-refractivity contribution in [2.45, 2.75) is 32.8 Å². The Balaban J connectivity index is 1.82. The third-order valence-corrected chi connectivity index (χ3v) is 4.06. The van der Waals surface area contributed by atoms with Gasteiger partial charge in [-0.3, -0.25) is 0 Å². The van der Waals surface area contributed by atoms with Crippen molar-refractivity contribution in [1.29, 1.82) is 0 Å². The molecule has 0 fully saturated rings. The van der Waals surface area contributed by atoms with E-state index in [0.29, 0.717) is 18.1 Å². The fourth-order valence-corrected chi connectivity index (χ4v) is 2.42. The Kier molecular flexibility index (Phi) is 5.24. The molecule has 0 bridgehead atoms. The van der Waals surface area contributed by atoms with Gasteiger partial charge in [0.2, 0.25) is 5.95 Å². The molecule has 3 aromatic rings. The van der Waals surface area contributed by atoms with Crippen LogP contribution in [0.2, 0.25) is 0 Å². The number of anilines is 2. The summed E-state index contributed by atoms with van der Waals surface area (Å²) in [5, 5.41) is 17.5. The topological polar surface area (TPSA) is 63.0 Å². The first-order valence-electron chi connectivity index (χ1n) is 8.66. The SMILES string of the molecule is CCC(C)(O)C#Cc1cc(C)cc(Nc2ncn(-c3cccc(F)c3)n2)c1. The predicted octanol–water partition coefficient (Wildman–Crippen LogP) is 3.97. The minimum atomic E-state index is -1.01. The second-order valence-corrected chi connectivity index (χ2v) is 6.58. The molecule has 0 aliphatic heterocycles. The maximum atomic E-state index is 13.4. The van der Waals surface area contributed by atoms with Crippen molar-refractivity contribution in [3.05, 3.63) is 65.7 Å². The van der Waals surface area contributed by atoms with E-state index in [-0.39, 0.29) is 5.82 Å². The molecule has 1 heterocycles. The van der Waals surface area contributed by atoms with Crippen molar-refractivity contribution in [2.24, 2.45) is 0 Å². The minimum absolute atomic E-state index is 0.331. The fraction of sp³-hybridized carbons (Fsp3) is 0.238. The van der Waals surface area contributed by atoms with Gasteiger partial charge >= 0.3 is 0 Å². The lowest BCUT2D eigenvalue weighted by atomic mass is 10.0. The summed E-state index contributed by atoms with van der Waals surface area (Å²) in [7, 11) is 0.